The summed E-state index contributed by atoms with van der Waals surface area (Å²) in [6.45, 7) is 0. The zero-order valence-corrected chi connectivity index (χ0v) is 9.45. The van der Waals surface area contributed by atoms with E-state index in [1.54, 1.807) is 42.4 Å². The van der Waals surface area contributed by atoms with Crippen molar-refractivity contribution in [3.8, 4) is 11.6 Å². The predicted octanol–water partition coefficient (Wildman–Crippen LogP) is 1.06. The highest BCUT2D eigenvalue weighted by Gasteiger charge is 2.09. The van der Waals surface area contributed by atoms with E-state index >= 15 is 0 Å². The van der Waals surface area contributed by atoms with Crippen LogP contribution < -0.4 is 4.74 Å². The van der Waals surface area contributed by atoms with Crippen molar-refractivity contribution in [3.05, 3.63) is 36.3 Å². The number of aromatic nitrogens is 3. The lowest BCUT2D eigenvalue weighted by Crippen LogP contribution is -2.04. The molecule has 0 saturated heterocycles. The van der Waals surface area contributed by atoms with Crippen molar-refractivity contribution in [3.63, 3.8) is 0 Å². The number of ether oxygens (including phenoxy) is 2. The number of nitrogens with zero attached hydrogens (tertiary/aromatic N) is 3. The maximum atomic E-state index is 11.2. The van der Waals surface area contributed by atoms with Gasteiger partial charge in [-0.05, 0) is 12.1 Å². The lowest BCUT2D eigenvalue weighted by atomic mass is 10.4. The van der Waals surface area contributed by atoms with Gasteiger partial charge in [-0.1, -0.05) is 0 Å². The monoisotopic (exact) mass is 233 g/mol. The normalized spacial score (nSPS) is 10.0. The number of hydrogen-bond donors (Lipinski definition) is 0. The summed E-state index contributed by atoms with van der Waals surface area (Å²) in [6, 6.07) is 5.09. The number of carbonyl (C=O) groups excluding carboxylic acids is 1. The van der Waals surface area contributed by atoms with Crippen molar-refractivity contribution in [1.82, 2.24) is 14.8 Å². The largest absolute Gasteiger partial charge is 0.481 e. The molecule has 6 heteroatoms. The molecule has 0 aliphatic carbocycles. The Morgan fingerprint density at radius 2 is 2.12 bits per heavy atom. The van der Waals surface area contributed by atoms with Crippen molar-refractivity contribution < 1.29 is 14.3 Å². The van der Waals surface area contributed by atoms with Gasteiger partial charge in [-0.3, -0.25) is 0 Å². The summed E-state index contributed by atoms with van der Waals surface area (Å²) < 4.78 is 11.1. The minimum atomic E-state index is -0.467. The van der Waals surface area contributed by atoms with Crippen molar-refractivity contribution in [2.75, 3.05) is 14.2 Å². The third kappa shape index (κ3) is 2.25. The van der Waals surface area contributed by atoms with Crippen LogP contribution in [0.25, 0.3) is 5.69 Å². The number of hydrogen-bond acceptors (Lipinski definition) is 5. The van der Waals surface area contributed by atoms with Gasteiger partial charge in [0.05, 0.1) is 26.1 Å². The van der Waals surface area contributed by atoms with Crippen LogP contribution in [0.3, 0.4) is 0 Å². The van der Waals surface area contributed by atoms with Crippen molar-refractivity contribution in [2.45, 2.75) is 0 Å². The third-order valence-electron chi connectivity index (χ3n) is 2.18. The molecule has 0 N–H and O–H groups in total. The molecule has 6 nitrogen and oxygen atoms in total. The fourth-order valence-electron chi connectivity index (χ4n) is 1.31. The second-order valence-electron chi connectivity index (χ2n) is 3.20. The molecule has 2 aromatic rings. The molecule has 0 spiro atoms. The molecule has 88 valence electrons. The van der Waals surface area contributed by atoms with Crippen LogP contribution >= 0.6 is 0 Å². The summed E-state index contributed by atoms with van der Waals surface area (Å²) in [5.41, 5.74) is 0.990. The van der Waals surface area contributed by atoms with Crippen LogP contribution in [-0.2, 0) is 4.74 Å². The molecule has 0 atom stereocenters. The highest BCUT2D eigenvalue weighted by molar-refractivity contribution is 5.86. The van der Waals surface area contributed by atoms with E-state index in [4.69, 9.17) is 4.74 Å². The second-order valence-corrected chi connectivity index (χ2v) is 3.20. The SMILES string of the molecule is COC(=O)c1ccn(-c2ccc(OC)nc2)n1. The first-order chi connectivity index (χ1) is 8.24. The first-order valence-corrected chi connectivity index (χ1v) is 4.89. The van der Waals surface area contributed by atoms with Gasteiger partial charge in [0.15, 0.2) is 5.69 Å². The van der Waals surface area contributed by atoms with Crippen LogP contribution in [0.1, 0.15) is 10.5 Å². The van der Waals surface area contributed by atoms with E-state index in [2.05, 4.69) is 14.8 Å². The molecular weight excluding hydrogens is 222 g/mol. The van der Waals surface area contributed by atoms with Crippen molar-refractivity contribution >= 4 is 5.97 Å². The first-order valence-electron chi connectivity index (χ1n) is 4.89. The summed E-state index contributed by atoms with van der Waals surface area (Å²) in [5, 5.41) is 4.07. The zero-order chi connectivity index (χ0) is 12.3. The summed E-state index contributed by atoms with van der Waals surface area (Å²) >= 11 is 0. The van der Waals surface area contributed by atoms with Crippen molar-refractivity contribution in [1.29, 1.82) is 0 Å². The van der Waals surface area contributed by atoms with Gasteiger partial charge in [-0.15, -0.1) is 0 Å². The van der Waals surface area contributed by atoms with Gasteiger partial charge in [0, 0.05) is 12.3 Å². The summed E-state index contributed by atoms with van der Waals surface area (Å²) in [4.78, 5) is 15.3. The third-order valence-corrected chi connectivity index (χ3v) is 2.18. The van der Waals surface area contributed by atoms with E-state index in [1.807, 2.05) is 0 Å². The molecule has 0 aliphatic heterocycles. The molecular formula is C11H11N3O3. The number of carbonyl (C=O) groups is 1. The van der Waals surface area contributed by atoms with Gasteiger partial charge < -0.3 is 9.47 Å². The highest BCUT2D eigenvalue weighted by Crippen LogP contribution is 2.11. The standard InChI is InChI=1S/C11H11N3O3/c1-16-10-4-3-8(7-12-10)14-6-5-9(13-14)11(15)17-2/h3-7H,1-2H3. The number of esters is 1. The van der Waals surface area contributed by atoms with Crippen molar-refractivity contribution in [2.24, 2.45) is 0 Å². The Morgan fingerprint density at radius 3 is 2.71 bits per heavy atom. The number of methoxy groups -OCH3 is 2. The molecule has 0 aromatic carbocycles. The smallest absolute Gasteiger partial charge is 0.358 e. The van der Waals surface area contributed by atoms with Crippen LogP contribution in [-0.4, -0.2) is 35.0 Å². The van der Waals surface area contributed by atoms with Crippen LogP contribution in [0.2, 0.25) is 0 Å². The minimum Gasteiger partial charge on any atom is -0.481 e. The van der Waals surface area contributed by atoms with Crippen LogP contribution in [0.4, 0.5) is 0 Å². The van der Waals surface area contributed by atoms with E-state index in [0.29, 0.717) is 5.88 Å². The molecule has 2 heterocycles. The fourth-order valence-corrected chi connectivity index (χ4v) is 1.31. The lowest BCUT2D eigenvalue weighted by Gasteiger charge is -2.02. The molecule has 0 bridgehead atoms. The van der Waals surface area contributed by atoms with E-state index in [0.717, 1.165) is 5.69 Å². The highest BCUT2D eigenvalue weighted by atomic mass is 16.5. The van der Waals surface area contributed by atoms with Gasteiger partial charge in [0.25, 0.3) is 0 Å². The predicted molar refractivity (Wildman–Crippen MR) is 59.3 cm³/mol. The summed E-state index contributed by atoms with van der Waals surface area (Å²) in [5.74, 6) is 0.0549. The first kappa shape index (κ1) is 11.1. The summed E-state index contributed by atoms with van der Waals surface area (Å²) in [7, 11) is 2.86. The Kier molecular flexibility index (Phi) is 3.04. The van der Waals surface area contributed by atoms with Gasteiger partial charge in [-0.25, -0.2) is 14.5 Å². The maximum absolute atomic E-state index is 11.2. The molecule has 17 heavy (non-hydrogen) atoms. The van der Waals surface area contributed by atoms with Crippen LogP contribution in [0.5, 0.6) is 5.88 Å². The fraction of sp³-hybridized carbons (Fsp3) is 0.182. The Bertz CT molecular complexity index is 519. The Labute approximate surface area is 97.8 Å². The average Bonchev–Trinajstić information content (AvgIpc) is 2.87. The summed E-state index contributed by atoms with van der Waals surface area (Å²) in [6.07, 6.45) is 3.27. The molecule has 2 aromatic heterocycles. The van der Waals surface area contributed by atoms with Crippen LogP contribution in [0, 0.1) is 0 Å². The molecule has 0 radical (unpaired) electrons. The van der Waals surface area contributed by atoms with E-state index in [1.165, 1.54) is 7.11 Å². The average molecular weight is 233 g/mol. The molecule has 0 aliphatic rings. The zero-order valence-electron chi connectivity index (χ0n) is 9.45. The minimum absolute atomic E-state index is 0.253. The van der Waals surface area contributed by atoms with E-state index in [-0.39, 0.29) is 5.69 Å². The lowest BCUT2D eigenvalue weighted by molar-refractivity contribution is 0.0593. The maximum Gasteiger partial charge on any atom is 0.358 e. The van der Waals surface area contributed by atoms with Gasteiger partial charge in [0.2, 0.25) is 5.88 Å². The molecule has 2 rings (SSSR count). The Morgan fingerprint density at radius 1 is 1.29 bits per heavy atom. The van der Waals surface area contributed by atoms with Gasteiger partial charge in [-0.2, -0.15) is 5.10 Å². The number of rotatable bonds is 3. The quantitative estimate of drug-likeness (QED) is 0.741. The molecule has 0 fully saturated rings. The van der Waals surface area contributed by atoms with Crippen LogP contribution in [0.15, 0.2) is 30.6 Å². The van der Waals surface area contributed by atoms with Gasteiger partial charge >= 0.3 is 5.97 Å². The van der Waals surface area contributed by atoms with E-state index < -0.39 is 5.97 Å². The van der Waals surface area contributed by atoms with Gasteiger partial charge in [0.1, 0.15) is 0 Å². The van der Waals surface area contributed by atoms with E-state index in [9.17, 15) is 4.79 Å². The molecule has 0 unspecified atom stereocenters. The topological polar surface area (TPSA) is 66.2 Å². The number of pyridine rings is 1. The Hall–Kier alpha value is -2.37. The molecule has 0 amide bonds. The molecule has 0 saturated carbocycles. The second kappa shape index (κ2) is 4.65. The Balaban J connectivity index is 2.27.